The average molecular weight is 256 g/mol. The van der Waals surface area contributed by atoms with E-state index in [1.165, 1.54) is 0 Å². The van der Waals surface area contributed by atoms with Gasteiger partial charge in [-0.25, -0.2) is 9.67 Å². The van der Waals surface area contributed by atoms with Crippen LogP contribution in [-0.2, 0) is 11.3 Å². The van der Waals surface area contributed by atoms with Crippen molar-refractivity contribution in [3.05, 3.63) is 42.4 Å². The van der Waals surface area contributed by atoms with Crippen molar-refractivity contribution in [2.24, 2.45) is 0 Å². The minimum absolute atomic E-state index is 0.375. The monoisotopic (exact) mass is 256 g/mol. The van der Waals surface area contributed by atoms with E-state index >= 15 is 0 Å². The number of hydrogen-bond acceptors (Lipinski definition) is 4. The van der Waals surface area contributed by atoms with Crippen LogP contribution in [0.4, 0.5) is 0 Å². The lowest BCUT2D eigenvalue weighted by Crippen LogP contribution is -2.33. The minimum atomic E-state index is 0.375. The summed E-state index contributed by atoms with van der Waals surface area (Å²) < 4.78 is 1.78. The largest absolute Gasteiger partial charge is 0.300 e. The standard InChI is InChI=1S/C14H16N4O/c19-13-4-7-17(8-5-13)10-12-9-16-18(11-12)14-3-1-2-6-15-14/h1-3,6,9,11H,4-5,7-8,10H2. The molecule has 0 amide bonds. The van der Waals surface area contributed by atoms with E-state index in [4.69, 9.17) is 0 Å². The van der Waals surface area contributed by atoms with Crippen molar-refractivity contribution in [3.63, 3.8) is 0 Å². The quantitative estimate of drug-likeness (QED) is 0.833. The fourth-order valence-electron chi connectivity index (χ4n) is 2.28. The summed E-state index contributed by atoms with van der Waals surface area (Å²) in [6.45, 7) is 2.56. The second-order valence-electron chi connectivity index (χ2n) is 4.80. The number of hydrogen-bond donors (Lipinski definition) is 0. The second-order valence-corrected chi connectivity index (χ2v) is 4.80. The first kappa shape index (κ1) is 12.0. The van der Waals surface area contributed by atoms with Crippen LogP contribution in [0.1, 0.15) is 18.4 Å². The molecule has 0 aromatic carbocycles. The van der Waals surface area contributed by atoms with Gasteiger partial charge in [-0.1, -0.05) is 6.07 Å². The van der Waals surface area contributed by atoms with Gasteiger partial charge in [0.15, 0.2) is 5.82 Å². The van der Waals surface area contributed by atoms with Gasteiger partial charge >= 0.3 is 0 Å². The number of pyridine rings is 1. The van der Waals surface area contributed by atoms with Crippen molar-refractivity contribution in [2.45, 2.75) is 19.4 Å². The lowest BCUT2D eigenvalue weighted by atomic mass is 10.1. The molecule has 5 heteroatoms. The Bertz CT molecular complexity index is 554. The number of aromatic nitrogens is 3. The molecule has 0 unspecified atom stereocenters. The van der Waals surface area contributed by atoms with Crippen LogP contribution < -0.4 is 0 Å². The van der Waals surface area contributed by atoms with Crippen molar-refractivity contribution in [1.82, 2.24) is 19.7 Å². The van der Waals surface area contributed by atoms with E-state index in [2.05, 4.69) is 15.0 Å². The summed E-state index contributed by atoms with van der Waals surface area (Å²) in [5, 5.41) is 4.33. The Labute approximate surface area is 111 Å². The minimum Gasteiger partial charge on any atom is -0.300 e. The number of piperidine rings is 1. The molecule has 19 heavy (non-hydrogen) atoms. The molecule has 2 aromatic rings. The highest BCUT2D eigenvalue weighted by molar-refractivity contribution is 5.79. The maximum Gasteiger partial charge on any atom is 0.153 e. The maximum atomic E-state index is 11.2. The summed E-state index contributed by atoms with van der Waals surface area (Å²) in [5.74, 6) is 1.20. The summed E-state index contributed by atoms with van der Waals surface area (Å²) in [5.41, 5.74) is 1.15. The van der Waals surface area contributed by atoms with Crippen molar-refractivity contribution in [1.29, 1.82) is 0 Å². The highest BCUT2D eigenvalue weighted by Crippen LogP contribution is 2.12. The van der Waals surface area contributed by atoms with Gasteiger partial charge in [0, 0.05) is 50.4 Å². The van der Waals surface area contributed by atoms with Crippen LogP contribution in [0.5, 0.6) is 0 Å². The van der Waals surface area contributed by atoms with Crippen molar-refractivity contribution < 1.29 is 4.79 Å². The number of nitrogens with zero attached hydrogens (tertiary/aromatic N) is 4. The first-order valence-electron chi connectivity index (χ1n) is 6.50. The van der Waals surface area contributed by atoms with E-state index in [1.807, 2.05) is 30.6 Å². The summed E-state index contributed by atoms with van der Waals surface area (Å²) in [6, 6.07) is 5.76. The normalized spacial score (nSPS) is 16.7. The molecular weight excluding hydrogens is 240 g/mol. The zero-order valence-electron chi connectivity index (χ0n) is 10.7. The molecule has 1 aliphatic rings. The van der Waals surface area contributed by atoms with Gasteiger partial charge in [0.1, 0.15) is 5.78 Å². The van der Waals surface area contributed by atoms with Crippen LogP contribution in [0.25, 0.3) is 5.82 Å². The third kappa shape index (κ3) is 2.88. The molecule has 98 valence electrons. The molecule has 1 saturated heterocycles. The molecule has 1 fully saturated rings. The third-order valence-corrected chi connectivity index (χ3v) is 3.34. The zero-order valence-corrected chi connectivity index (χ0v) is 10.7. The SMILES string of the molecule is O=C1CCN(Cc2cnn(-c3ccccn3)c2)CC1. The van der Waals surface area contributed by atoms with Crippen molar-refractivity contribution >= 4 is 5.78 Å². The van der Waals surface area contributed by atoms with Gasteiger partial charge in [0.25, 0.3) is 0 Å². The van der Waals surface area contributed by atoms with Crippen molar-refractivity contribution in [3.8, 4) is 5.82 Å². The second kappa shape index (κ2) is 5.32. The molecule has 0 aliphatic carbocycles. The summed E-state index contributed by atoms with van der Waals surface area (Å²) in [7, 11) is 0. The molecule has 0 bridgehead atoms. The van der Waals surface area contributed by atoms with E-state index in [1.54, 1.807) is 10.9 Å². The molecule has 3 heterocycles. The molecule has 0 atom stereocenters. The average Bonchev–Trinajstić information content (AvgIpc) is 2.91. The highest BCUT2D eigenvalue weighted by atomic mass is 16.1. The number of Topliss-reactive ketones (excluding diaryl/α,β-unsaturated/α-hetero) is 1. The molecule has 1 aliphatic heterocycles. The number of carbonyl (C=O) groups excluding carboxylic acids is 1. The topological polar surface area (TPSA) is 51.0 Å². The molecule has 5 nitrogen and oxygen atoms in total. The summed E-state index contributed by atoms with van der Waals surface area (Å²) >= 11 is 0. The van der Waals surface area contributed by atoms with Gasteiger partial charge in [0.2, 0.25) is 0 Å². The van der Waals surface area contributed by atoms with E-state index in [9.17, 15) is 4.79 Å². The van der Waals surface area contributed by atoms with Crippen LogP contribution >= 0.6 is 0 Å². The van der Waals surface area contributed by atoms with Gasteiger partial charge < -0.3 is 0 Å². The fraction of sp³-hybridized carbons (Fsp3) is 0.357. The number of ketones is 1. The van der Waals surface area contributed by atoms with Crippen molar-refractivity contribution in [2.75, 3.05) is 13.1 Å². The maximum absolute atomic E-state index is 11.2. The molecule has 0 saturated carbocycles. The smallest absolute Gasteiger partial charge is 0.153 e. The van der Waals surface area contributed by atoms with Crippen LogP contribution in [-0.4, -0.2) is 38.5 Å². The lowest BCUT2D eigenvalue weighted by molar-refractivity contribution is -0.121. The lowest BCUT2D eigenvalue weighted by Gasteiger charge is -2.24. The Morgan fingerprint density at radius 3 is 2.79 bits per heavy atom. The Balaban J connectivity index is 1.67. The molecule has 2 aromatic heterocycles. The van der Waals surface area contributed by atoms with Gasteiger partial charge in [-0.15, -0.1) is 0 Å². The Kier molecular flexibility index (Phi) is 3.37. The molecule has 0 N–H and O–H groups in total. The predicted octanol–water partition coefficient (Wildman–Crippen LogP) is 1.43. The first-order chi connectivity index (χ1) is 9.31. The number of carbonyl (C=O) groups is 1. The van der Waals surface area contributed by atoms with E-state index < -0.39 is 0 Å². The molecule has 0 spiro atoms. The van der Waals surface area contributed by atoms with Gasteiger partial charge in [-0.2, -0.15) is 5.10 Å². The van der Waals surface area contributed by atoms with Gasteiger partial charge in [-0.05, 0) is 12.1 Å². The Morgan fingerprint density at radius 2 is 2.05 bits per heavy atom. The Hall–Kier alpha value is -2.01. The summed E-state index contributed by atoms with van der Waals surface area (Å²) in [4.78, 5) is 17.8. The van der Waals surface area contributed by atoms with Crippen LogP contribution in [0, 0.1) is 0 Å². The van der Waals surface area contributed by atoms with E-state index in [-0.39, 0.29) is 0 Å². The fourth-order valence-corrected chi connectivity index (χ4v) is 2.28. The van der Waals surface area contributed by atoms with Crippen LogP contribution in [0.3, 0.4) is 0 Å². The van der Waals surface area contributed by atoms with Crippen LogP contribution in [0.15, 0.2) is 36.8 Å². The van der Waals surface area contributed by atoms with Gasteiger partial charge in [-0.3, -0.25) is 9.69 Å². The molecule has 0 radical (unpaired) electrons. The molecule has 3 rings (SSSR count). The number of likely N-dealkylation sites (tertiary alicyclic amines) is 1. The summed E-state index contributed by atoms with van der Waals surface area (Å²) in [6.07, 6.45) is 6.97. The third-order valence-electron chi connectivity index (χ3n) is 3.34. The Morgan fingerprint density at radius 1 is 1.21 bits per heavy atom. The zero-order chi connectivity index (χ0) is 13.1. The number of rotatable bonds is 3. The predicted molar refractivity (Wildman–Crippen MR) is 70.9 cm³/mol. The first-order valence-corrected chi connectivity index (χ1v) is 6.50. The molecular formula is C14H16N4O. The highest BCUT2D eigenvalue weighted by Gasteiger charge is 2.16. The van der Waals surface area contributed by atoms with E-state index in [0.717, 1.165) is 31.0 Å². The van der Waals surface area contributed by atoms with Crippen LogP contribution in [0.2, 0.25) is 0 Å². The van der Waals surface area contributed by atoms with E-state index in [0.29, 0.717) is 18.6 Å². The van der Waals surface area contributed by atoms with Gasteiger partial charge in [0.05, 0.1) is 6.20 Å².